The molecule has 4 N–H and O–H groups in total. The number of fused-ring (bicyclic) bond motifs is 5. The first-order valence-electron chi connectivity index (χ1n) is 11.6. The Hall–Kier alpha value is -1.54. The van der Waals surface area contributed by atoms with Gasteiger partial charge < -0.3 is 25.2 Å². The molecule has 0 amide bonds. The average molecular weight is 449 g/mol. The summed E-state index contributed by atoms with van der Waals surface area (Å²) in [5, 5.41) is 45.3. The smallest absolute Gasteiger partial charge is 0.309 e. The van der Waals surface area contributed by atoms with Crippen LogP contribution in [-0.2, 0) is 14.3 Å². The summed E-state index contributed by atoms with van der Waals surface area (Å²) in [6.07, 6.45) is 2.69. The standard InChI is InChI=1S/C25H36O7/c1-7-12(2)21(29)32-25-18(22(25,5)6)16-9-15(11-26)10-23(30)17(8-13(3)19(23)27)24(16,31)14(4)20(25)28/h8-9,12,14,16-18,20,26,28,30-31H,7,10-11H2,1-6H3/t12?,14-,16+,17-,18-,20-,23-,24-,25-/m1/s1. The lowest BCUT2D eigenvalue weighted by atomic mass is 9.59. The first-order valence-corrected chi connectivity index (χ1v) is 11.6. The highest BCUT2D eigenvalue weighted by atomic mass is 16.6. The number of carbonyl (C=O) groups is 2. The lowest BCUT2D eigenvalue weighted by Gasteiger charge is -2.52. The molecule has 0 aromatic heterocycles. The minimum absolute atomic E-state index is 0.0880. The van der Waals surface area contributed by atoms with E-state index in [-0.39, 0.29) is 24.9 Å². The molecule has 32 heavy (non-hydrogen) atoms. The fourth-order valence-corrected chi connectivity index (χ4v) is 7.10. The number of hydrogen-bond donors (Lipinski definition) is 4. The minimum Gasteiger partial charge on any atom is -0.455 e. The van der Waals surface area contributed by atoms with E-state index in [0.29, 0.717) is 17.6 Å². The predicted octanol–water partition coefficient (Wildman–Crippen LogP) is 1.53. The molecular weight excluding hydrogens is 412 g/mol. The normalized spacial score (nSPS) is 47.3. The van der Waals surface area contributed by atoms with Gasteiger partial charge in [0.15, 0.2) is 5.78 Å². The van der Waals surface area contributed by atoms with Crippen molar-refractivity contribution in [1.29, 1.82) is 0 Å². The molecule has 0 bridgehead atoms. The number of esters is 1. The van der Waals surface area contributed by atoms with Gasteiger partial charge in [0.25, 0.3) is 0 Å². The van der Waals surface area contributed by atoms with Gasteiger partial charge in [0.1, 0.15) is 11.2 Å². The van der Waals surface area contributed by atoms with Crippen LogP contribution in [0.15, 0.2) is 23.3 Å². The molecule has 0 saturated heterocycles. The van der Waals surface area contributed by atoms with Crippen LogP contribution in [0.4, 0.5) is 0 Å². The Morgan fingerprint density at radius 2 is 1.91 bits per heavy atom. The molecule has 178 valence electrons. The molecule has 1 unspecified atom stereocenters. The molecule has 4 aliphatic carbocycles. The van der Waals surface area contributed by atoms with E-state index < -0.39 is 57.8 Å². The number of aliphatic hydroxyl groups is 4. The Labute approximate surface area is 189 Å². The number of ketones is 1. The van der Waals surface area contributed by atoms with Crippen molar-refractivity contribution in [2.75, 3.05) is 6.61 Å². The molecule has 0 aromatic rings. The van der Waals surface area contributed by atoms with E-state index in [1.165, 1.54) is 0 Å². The third-order valence-electron chi connectivity index (χ3n) is 9.28. The van der Waals surface area contributed by atoms with Crippen LogP contribution in [-0.4, -0.2) is 61.7 Å². The van der Waals surface area contributed by atoms with Crippen LogP contribution >= 0.6 is 0 Å². The third-order valence-corrected chi connectivity index (χ3v) is 9.28. The van der Waals surface area contributed by atoms with Crippen molar-refractivity contribution in [3.8, 4) is 0 Å². The molecule has 4 rings (SSSR count). The van der Waals surface area contributed by atoms with Crippen molar-refractivity contribution in [3.63, 3.8) is 0 Å². The molecule has 7 heteroatoms. The molecule has 7 nitrogen and oxygen atoms in total. The summed E-state index contributed by atoms with van der Waals surface area (Å²) in [5.41, 5.74) is -4.57. The van der Waals surface area contributed by atoms with Gasteiger partial charge in [0.05, 0.1) is 24.2 Å². The zero-order valence-corrected chi connectivity index (χ0v) is 19.8. The zero-order valence-electron chi connectivity index (χ0n) is 19.8. The van der Waals surface area contributed by atoms with Crippen molar-refractivity contribution in [2.24, 2.45) is 35.0 Å². The average Bonchev–Trinajstić information content (AvgIpc) is 3.18. The van der Waals surface area contributed by atoms with Gasteiger partial charge in [0.2, 0.25) is 0 Å². The van der Waals surface area contributed by atoms with Gasteiger partial charge in [0, 0.05) is 35.5 Å². The minimum atomic E-state index is -1.89. The summed E-state index contributed by atoms with van der Waals surface area (Å²) in [4.78, 5) is 25.8. The van der Waals surface area contributed by atoms with Crippen LogP contribution in [0, 0.1) is 35.0 Å². The van der Waals surface area contributed by atoms with Gasteiger partial charge in [-0.25, -0.2) is 0 Å². The van der Waals surface area contributed by atoms with Gasteiger partial charge in [-0.05, 0) is 24.5 Å². The molecule has 0 heterocycles. The fourth-order valence-electron chi connectivity index (χ4n) is 7.10. The Morgan fingerprint density at radius 1 is 1.28 bits per heavy atom. The second-order valence-electron chi connectivity index (χ2n) is 11.1. The Kier molecular flexibility index (Phi) is 5.15. The third kappa shape index (κ3) is 2.57. The summed E-state index contributed by atoms with van der Waals surface area (Å²) in [6.45, 7) is 10.4. The van der Waals surface area contributed by atoms with E-state index in [2.05, 4.69) is 0 Å². The maximum absolute atomic E-state index is 12.9. The first-order chi connectivity index (χ1) is 14.7. The highest BCUT2D eigenvalue weighted by molar-refractivity contribution is 6.04. The zero-order chi connectivity index (χ0) is 24.0. The van der Waals surface area contributed by atoms with E-state index in [9.17, 15) is 30.0 Å². The highest BCUT2D eigenvalue weighted by Crippen LogP contribution is 2.76. The van der Waals surface area contributed by atoms with Crippen molar-refractivity contribution in [3.05, 3.63) is 23.3 Å². The number of Topliss-reactive ketones (excluding diaryl/α,β-unsaturated/α-hetero) is 1. The van der Waals surface area contributed by atoms with Crippen LogP contribution in [0.3, 0.4) is 0 Å². The highest BCUT2D eigenvalue weighted by Gasteiger charge is 2.86. The van der Waals surface area contributed by atoms with Crippen molar-refractivity contribution < 1.29 is 34.8 Å². The second kappa shape index (κ2) is 6.98. The largest absolute Gasteiger partial charge is 0.455 e. The molecule has 0 radical (unpaired) electrons. The summed E-state index contributed by atoms with van der Waals surface area (Å²) in [7, 11) is 0. The molecule has 0 aromatic carbocycles. The van der Waals surface area contributed by atoms with E-state index >= 15 is 0 Å². The summed E-state index contributed by atoms with van der Waals surface area (Å²) < 4.78 is 6.05. The van der Waals surface area contributed by atoms with E-state index in [0.717, 1.165) is 0 Å². The summed E-state index contributed by atoms with van der Waals surface area (Å²) in [5.74, 6) is -4.00. The molecule has 0 spiro atoms. The topological polar surface area (TPSA) is 124 Å². The van der Waals surface area contributed by atoms with E-state index in [4.69, 9.17) is 4.74 Å². The maximum Gasteiger partial charge on any atom is 0.309 e. The Bertz CT molecular complexity index is 919. The van der Waals surface area contributed by atoms with Gasteiger partial charge >= 0.3 is 5.97 Å². The lowest BCUT2D eigenvalue weighted by molar-refractivity contribution is -0.221. The van der Waals surface area contributed by atoms with Crippen LogP contribution in [0.25, 0.3) is 0 Å². The molecule has 2 saturated carbocycles. The van der Waals surface area contributed by atoms with Crippen LogP contribution in [0.2, 0.25) is 0 Å². The van der Waals surface area contributed by atoms with Crippen LogP contribution in [0.5, 0.6) is 0 Å². The molecule has 2 fully saturated rings. The quantitative estimate of drug-likeness (QED) is 0.380. The lowest BCUT2D eigenvalue weighted by Crippen LogP contribution is -2.65. The Morgan fingerprint density at radius 3 is 2.47 bits per heavy atom. The molecule has 0 aliphatic heterocycles. The molecule has 9 atom stereocenters. The van der Waals surface area contributed by atoms with Crippen molar-refractivity contribution in [1.82, 2.24) is 0 Å². The predicted molar refractivity (Wildman–Crippen MR) is 116 cm³/mol. The second-order valence-corrected chi connectivity index (χ2v) is 11.1. The van der Waals surface area contributed by atoms with Gasteiger partial charge in [-0.1, -0.05) is 46.8 Å². The summed E-state index contributed by atoms with van der Waals surface area (Å²) >= 11 is 0. The fraction of sp³-hybridized carbons (Fsp3) is 0.760. The molecular formula is C25H36O7. The van der Waals surface area contributed by atoms with Crippen molar-refractivity contribution in [2.45, 2.75) is 77.3 Å². The van der Waals surface area contributed by atoms with Gasteiger partial charge in [-0.3, -0.25) is 9.59 Å². The van der Waals surface area contributed by atoms with E-state index in [1.54, 1.807) is 32.9 Å². The number of ether oxygens (including phenoxy) is 1. The number of carbonyl (C=O) groups excluding carboxylic acids is 2. The first kappa shape index (κ1) is 23.6. The Balaban J connectivity index is 1.88. The van der Waals surface area contributed by atoms with Crippen molar-refractivity contribution >= 4 is 11.8 Å². The number of rotatable bonds is 4. The van der Waals surface area contributed by atoms with Gasteiger partial charge in [-0.2, -0.15) is 0 Å². The molecule has 4 aliphatic rings. The maximum atomic E-state index is 12.9. The number of aliphatic hydroxyl groups excluding tert-OH is 2. The van der Waals surface area contributed by atoms with E-state index in [1.807, 2.05) is 20.8 Å². The summed E-state index contributed by atoms with van der Waals surface area (Å²) in [6, 6.07) is 0. The van der Waals surface area contributed by atoms with Crippen LogP contribution in [0.1, 0.15) is 54.4 Å². The monoisotopic (exact) mass is 448 g/mol. The van der Waals surface area contributed by atoms with Crippen LogP contribution < -0.4 is 0 Å². The SMILES string of the molecule is CCC(C)C(=O)O[C@@]12[C@H](O)[C@@H](C)[C@@]3(O)[C@@H](C=C(CO)C[C@]4(O)C(=O)C(C)=C[C@@H]34)[C@@H]1C2(C)C. The number of hydrogen-bond acceptors (Lipinski definition) is 7. The van der Waals surface area contributed by atoms with Gasteiger partial charge in [-0.15, -0.1) is 0 Å².